The van der Waals surface area contributed by atoms with E-state index in [1.165, 1.54) is 4.57 Å². The molecule has 18 heteroatoms. The number of nitrogens with zero attached hydrogens (tertiary/aromatic N) is 7. The number of morpholine rings is 1. The van der Waals surface area contributed by atoms with E-state index >= 15 is 0 Å². The first-order chi connectivity index (χ1) is 31.0. The van der Waals surface area contributed by atoms with E-state index in [-0.39, 0.29) is 42.3 Å². The number of piperidine rings is 2. The molecule has 5 amide bonds. The summed E-state index contributed by atoms with van der Waals surface area (Å²) in [6, 6.07) is 9.51. The van der Waals surface area contributed by atoms with Crippen molar-refractivity contribution < 1.29 is 37.5 Å². The summed E-state index contributed by atoms with van der Waals surface area (Å²) in [4.78, 5) is 75.1. The van der Waals surface area contributed by atoms with Gasteiger partial charge in [-0.25, -0.2) is 18.6 Å². The highest BCUT2D eigenvalue weighted by Crippen LogP contribution is 2.53. The largest absolute Gasteiger partial charge is 0.384 e. The number of carbonyl (C=O) groups is 5. The van der Waals surface area contributed by atoms with Gasteiger partial charge in [0.1, 0.15) is 11.9 Å². The second-order valence-corrected chi connectivity index (χ2v) is 19.2. The number of imide groups is 2. The minimum atomic E-state index is -2.85. The molecule has 11 rings (SSSR count). The number of nitrogens with one attached hydrogen (secondary N) is 3. The van der Waals surface area contributed by atoms with Crippen molar-refractivity contribution in [1.82, 2.24) is 34.4 Å². The maximum absolute atomic E-state index is 14.3. The van der Waals surface area contributed by atoms with Gasteiger partial charge in [0, 0.05) is 49.5 Å². The van der Waals surface area contributed by atoms with Crippen LogP contribution in [0.25, 0.3) is 11.0 Å². The van der Waals surface area contributed by atoms with Gasteiger partial charge in [-0.1, -0.05) is 6.07 Å². The Labute approximate surface area is 368 Å². The number of benzene rings is 1. The molecular weight excluding hydrogens is 827 g/mol. The molecule has 4 aromatic rings. The van der Waals surface area contributed by atoms with E-state index in [1.807, 2.05) is 12.1 Å². The van der Waals surface area contributed by atoms with Crippen LogP contribution in [0.5, 0.6) is 0 Å². The van der Waals surface area contributed by atoms with Gasteiger partial charge in [0.2, 0.25) is 11.8 Å². The van der Waals surface area contributed by atoms with Gasteiger partial charge < -0.3 is 25.2 Å². The summed E-state index contributed by atoms with van der Waals surface area (Å²) in [7, 11) is 0. The fourth-order valence-corrected chi connectivity index (χ4v) is 11.8. The number of likely N-dealkylation sites (tertiary alicyclic amines) is 1. The number of hydrogen-bond acceptors (Lipinski definition) is 11. The quantitative estimate of drug-likeness (QED) is 0.160. The van der Waals surface area contributed by atoms with Crippen LogP contribution in [0.15, 0.2) is 48.8 Å². The number of pyridine rings is 1. The second kappa shape index (κ2) is 16.0. The summed E-state index contributed by atoms with van der Waals surface area (Å²) in [5.41, 5.74) is 1.53. The maximum atomic E-state index is 14.3. The molecule has 8 heterocycles. The van der Waals surface area contributed by atoms with Crippen molar-refractivity contribution in [1.29, 1.82) is 0 Å². The first kappa shape index (κ1) is 41.0. The number of hydrogen-bond donors (Lipinski definition) is 3. The Bertz CT molecular complexity index is 2540. The fourth-order valence-electron chi connectivity index (χ4n) is 11.8. The van der Waals surface area contributed by atoms with Crippen molar-refractivity contribution in [2.45, 2.75) is 101 Å². The first-order valence-electron chi connectivity index (χ1n) is 22.8. The fraction of sp³-hybridized carbons (Fsp3) is 0.543. The Balaban J connectivity index is 0.645. The molecule has 4 saturated heterocycles. The molecule has 3 aromatic heterocycles. The van der Waals surface area contributed by atoms with Crippen LogP contribution in [0.4, 0.5) is 30.8 Å². The third kappa shape index (κ3) is 7.31. The van der Waals surface area contributed by atoms with Crippen LogP contribution in [-0.2, 0) is 14.3 Å². The van der Waals surface area contributed by atoms with Gasteiger partial charge in [0.15, 0.2) is 11.3 Å². The number of amides is 5. The Kier molecular flexibility index (Phi) is 10.3. The van der Waals surface area contributed by atoms with Gasteiger partial charge in [-0.05, 0) is 125 Å². The minimum Gasteiger partial charge on any atom is -0.384 e. The lowest BCUT2D eigenvalue weighted by Crippen LogP contribution is -2.54. The van der Waals surface area contributed by atoms with Crippen molar-refractivity contribution in [3.63, 3.8) is 0 Å². The second-order valence-electron chi connectivity index (χ2n) is 19.2. The number of aromatic nitrogens is 4. The number of ether oxygens (including phenoxy) is 1. The zero-order valence-electron chi connectivity index (χ0n) is 35.5. The highest BCUT2D eigenvalue weighted by atomic mass is 19.3. The van der Waals surface area contributed by atoms with Crippen LogP contribution in [0.3, 0.4) is 0 Å². The summed E-state index contributed by atoms with van der Waals surface area (Å²) in [5, 5.41) is 13.5. The van der Waals surface area contributed by atoms with Crippen LogP contribution >= 0.6 is 0 Å². The highest BCUT2D eigenvalue weighted by Gasteiger charge is 2.48. The molecule has 3 unspecified atom stereocenters. The van der Waals surface area contributed by atoms with E-state index < -0.39 is 47.8 Å². The van der Waals surface area contributed by atoms with E-state index in [2.05, 4.69) is 30.8 Å². The van der Waals surface area contributed by atoms with Crippen LogP contribution in [0.2, 0.25) is 0 Å². The van der Waals surface area contributed by atoms with Gasteiger partial charge in [0.05, 0.1) is 41.6 Å². The molecule has 7 aliphatic rings. The van der Waals surface area contributed by atoms with Crippen molar-refractivity contribution in [2.24, 2.45) is 17.3 Å². The SMILES string of the molecule is O=C1CCC(N2C(=O)c3cccc(NCC4CC5(CCN(CC6CCC(n7cc(NC(=O)n8ccc9ccc(N%10CC%11CC%10CO%11)nc98)c(C(F)F)n7)CC6)CC5)C4)c3C2=O)C(=O)N1. The molecule has 336 valence electrons. The molecule has 3 N–H and O–H groups in total. The topological polar surface area (TPSA) is 176 Å². The number of alkyl halides is 2. The maximum Gasteiger partial charge on any atom is 0.331 e. The monoisotopic (exact) mass is 878 g/mol. The molecule has 64 heavy (non-hydrogen) atoms. The van der Waals surface area contributed by atoms with Gasteiger partial charge in [-0.15, -0.1) is 0 Å². The van der Waals surface area contributed by atoms with Crippen molar-refractivity contribution >= 4 is 57.9 Å². The van der Waals surface area contributed by atoms with Gasteiger partial charge >= 0.3 is 6.03 Å². The summed E-state index contributed by atoms with van der Waals surface area (Å²) in [5.74, 6) is -0.296. The number of fused-ring (bicyclic) bond motifs is 4. The van der Waals surface area contributed by atoms with Crippen LogP contribution in [0, 0.1) is 17.3 Å². The molecule has 1 spiro atoms. The summed E-state index contributed by atoms with van der Waals surface area (Å²) in [6.45, 7) is 5.20. The predicted octanol–water partition coefficient (Wildman–Crippen LogP) is 5.96. The molecule has 5 aliphatic heterocycles. The molecule has 1 aromatic carbocycles. The molecule has 2 saturated carbocycles. The first-order valence-corrected chi connectivity index (χ1v) is 22.8. The summed E-state index contributed by atoms with van der Waals surface area (Å²) in [6.07, 6.45) is 9.76. The molecule has 2 bridgehead atoms. The average Bonchev–Trinajstić information content (AvgIpc) is 4.13. The van der Waals surface area contributed by atoms with Gasteiger partial charge in [0.25, 0.3) is 18.2 Å². The zero-order valence-corrected chi connectivity index (χ0v) is 35.5. The Morgan fingerprint density at radius 1 is 0.938 bits per heavy atom. The van der Waals surface area contributed by atoms with Crippen molar-refractivity contribution in [3.05, 3.63) is 65.6 Å². The van der Waals surface area contributed by atoms with Gasteiger partial charge in [-0.2, -0.15) is 5.10 Å². The third-order valence-corrected chi connectivity index (χ3v) is 15.3. The highest BCUT2D eigenvalue weighted by molar-refractivity contribution is 6.25. The lowest BCUT2D eigenvalue weighted by atomic mass is 9.57. The Hall–Kier alpha value is -5.75. The third-order valence-electron chi connectivity index (χ3n) is 15.3. The smallest absolute Gasteiger partial charge is 0.331 e. The molecular formula is C46H52F2N10O6. The molecule has 6 fully saturated rings. The van der Waals surface area contributed by atoms with E-state index in [4.69, 9.17) is 9.72 Å². The lowest BCUT2D eigenvalue weighted by molar-refractivity contribution is -0.136. The number of anilines is 3. The van der Waals surface area contributed by atoms with Crippen molar-refractivity contribution in [3.8, 4) is 0 Å². The van der Waals surface area contributed by atoms with Gasteiger partial charge in [-0.3, -0.25) is 38.6 Å². The van der Waals surface area contributed by atoms with Crippen LogP contribution < -0.4 is 20.9 Å². The predicted molar refractivity (Wildman–Crippen MR) is 230 cm³/mol. The molecule has 0 radical (unpaired) electrons. The van der Waals surface area contributed by atoms with Crippen LogP contribution in [-0.4, -0.2) is 116 Å². The Morgan fingerprint density at radius 2 is 1.75 bits per heavy atom. The van der Waals surface area contributed by atoms with E-state index in [0.717, 1.165) is 100 Å². The Morgan fingerprint density at radius 3 is 2.48 bits per heavy atom. The number of carbonyl (C=O) groups excluding carboxylic acids is 5. The van der Waals surface area contributed by atoms with Crippen molar-refractivity contribution in [2.75, 3.05) is 54.9 Å². The van der Waals surface area contributed by atoms with E-state index in [0.29, 0.717) is 47.3 Å². The zero-order chi connectivity index (χ0) is 43.9. The lowest BCUT2D eigenvalue weighted by Gasteiger charge is -2.53. The van der Waals surface area contributed by atoms with Crippen LogP contribution in [0.1, 0.15) is 110 Å². The molecule has 2 aliphatic carbocycles. The standard InChI is InChI=1S/C46H52F2N10O6/c47-40(48)39-34(50-45(63)55-15-12-28-6-10-36(51-41(28)55)56-23-31-18-30(56)25-64-31)24-57(53-39)29-7-4-26(5-8-29)22-54-16-13-46(14-17-54)19-27(20-46)21-49-33-3-1-2-32-38(33)44(62)58(43(32)61)35-9-11-37(59)52-42(35)60/h1-3,6,10,12,15,24,26-27,29-31,35,40,49H,4-5,7-9,11,13-14,16-23,25H2,(H,50,63)(H,52,59,60). The average molecular weight is 879 g/mol. The van der Waals surface area contributed by atoms with E-state index in [1.54, 1.807) is 41.3 Å². The number of halogens is 2. The van der Waals surface area contributed by atoms with E-state index in [9.17, 15) is 32.8 Å². The normalized spacial score (nSPS) is 26.9. The summed E-state index contributed by atoms with van der Waals surface area (Å²) >= 11 is 0. The molecule has 3 atom stereocenters. The molecule has 16 nitrogen and oxygen atoms in total. The number of rotatable bonds is 10. The minimum absolute atomic E-state index is 0.0129. The summed E-state index contributed by atoms with van der Waals surface area (Å²) < 4.78 is 37.4.